The van der Waals surface area contributed by atoms with Crippen molar-refractivity contribution in [3.8, 4) is 0 Å². The van der Waals surface area contributed by atoms with E-state index in [1.807, 2.05) is 6.92 Å². The van der Waals surface area contributed by atoms with E-state index < -0.39 is 10.0 Å². The van der Waals surface area contributed by atoms with E-state index in [0.717, 1.165) is 12.8 Å². The standard InChI is InChI=1S/C12H19BrN2O3S/c1-2-3-6-15(7-8-16)19(17,18)10-4-5-12(14)11(13)9-10/h4-5,9,16H,2-3,6-8,14H2,1H3. The first-order valence-corrected chi connectivity index (χ1v) is 8.32. The number of nitrogens with zero attached hydrogens (tertiary/aromatic N) is 1. The summed E-state index contributed by atoms with van der Waals surface area (Å²) >= 11 is 3.22. The van der Waals surface area contributed by atoms with Crippen LogP contribution in [0.2, 0.25) is 0 Å². The normalized spacial score (nSPS) is 12.0. The maximum absolute atomic E-state index is 12.4. The van der Waals surface area contributed by atoms with Gasteiger partial charge in [-0.05, 0) is 40.5 Å². The molecule has 0 aliphatic rings. The second-order valence-electron chi connectivity index (χ2n) is 4.16. The highest BCUT2D eigenvalue weighted by Crippen LogP contribution is 2.25. The van der Waals surface area contributed by atoms with Crippen molar-refractivity contribution in [3.05, 3.63) is 22.7 Å². The molecule has 0 radical (unpaired) electrons. The van der Waals surface area contributed by atoms with Crippen LogP contribution < -0.4 is 5.73 Å². The number of nitrogen functional groups attached to an aromatic ring is 1. The van der Waals surface area contributed by atoms with Gasteiger partial charge in [0.1, 0.15) is 0 Å². The molecule has 0 atom stereocenters. The monoisotopic (exact) mass is 350 g/mol. The topological polar surface area (TPSA) is 83.6 Å². The van der Waals surface area contributed by atoms with Crippen molar-refractivity contribution < 1.29 is 13.5 Å². The van der Waals surface area contributed by atoms with E-state index in [0.29, 0.717) is 16.7 Å². The van der Waals surface area contributed by atoms with Gasteiger partial charge in [0.2, 0.25) is 10.0 Å². The maximum Gasteiger partial charge on any atom is 0.243 e. The smallest absolute Gasteiger partial charge is 0.243 e. The number of sulfonamides is 1. The molecule has 0 aliphatic heterocycles. The van der Waals surface area contributed by atoms with Crippen LogP contribution >= 0.6 is 15.9 Å². The highest BCUT2D eigenvalue weighted by molar-refractivity contribution is 9.10. The van der Waals surface area contributed by atoms with Crippen molar-refractivity contribution in [2.75, 3.05) is 25.4 Å². The Hall–Kier alpha value is -0.630. The molecular weight excluding hydrogens is 332 g/mol. The second-order valence-corrected chi connectivity index (χ2v) is 6.96. The van der Waals surface area contributed by atoms with Crippen LogP contribution in [0.15, 0.2) is 27.6 Å². The summed E-state index contributed by atoms with van der Waals surface area (Å²) in [4.78, 5) is 0.179. The molecule has 0 saturated heterocycles. The average Bonchev–Trinajstić information content (AvgIpc) is 2.37. The minimum absolute atomic E-state index is 0.102. The number of aliphatic hydroxyl groups excluding tert-OH is 1. The van der Waals surface area contributed by atoms with Gasteiger partial charge in [0, 0.05) is 23.2 Å². The number of benzene rings is 1. The molecule has 1 aromatic carbocycles. The fourth-order valence-corrected chi connectivity index (χ4v) is 3.64. The minimum Gasteiger partial charge on any atom is -0.398 e. The molecule has 108 valence electrons. The number of aliphatic hydroxyl groups is 1. The lowest BCUT2D eigenvalue weighted by Crippen LogP contribution is -2.34. The second kappa shape index (κ2) is 7.23. The highest BCUT2D eigenvalue weighted by Gasteiger charge is 2.23. The lowest BCUT2D eigenvalue weighted by Gasteiger charge is -2.21. The van der Waals surface area contributed by atoms with Gasteiger partial charge in [0.15, 0.2) is 0 Å². The van der Waals surface area contributed by atoms with Crippen molar-refractivity contribution in [3.63, 3.8) is 0 Å². The lowest BCUT2D eigenvalue weighted by atomic mass is 10.3. The predicted octanol–water partition coefficient (Wildman–Crippen LogP) is 1.81. The molecule has 0 aliphatic carbocycles. The summed E-state index contributed by atoms with van der Waals surface area (Å²) in [5.74, 6) is 0. The summed E-state index contributed by atoms with van der Waals surface area (Å²) in [7, 11) is -3.59. The molecule has 0 amide bonds. The van der Waals surface area contributed by atoms with Crippen LogP contribution in [0, 0.1) is 0 Å². The van der Waals surface area contributed by atoms with Crippen molar-refractivity contribution in [2.24, 2.45) is 0 Å². The summed E-state index contributed by atoms with van der Waals surface area (Å²) in [5, 5.41) is 9.01. The van der Waals surface area contributed by atoms with Crippen LogP contribution in [-0.2, 0) is 10.0 Å². The van der Waals surface area contributed by atoms with Gasteiger partial charge in [-0.15, -0.1) is 0 Å². The number of rotatable bonds is 7. The number of hydrogen-bond acceptors (Lipinski definition) is 4. The van der Waals surface area contributed by atoms with Gasteiger partial charge < -0.3 is 10.8 Å². The SMILES string of the molecule is CCCCN(CCO)S(=O)(=O)c1ccc(N)c(Br)c1. The largest absolute Gasteiger partial charge is 0.398 e. The molecule has 5 nitrogen and oxygen atoms in total. The van der Waals surface area contributed by atoms with E-state index >= 15 is 0 Å². The van der Waals surface area contributed by atoms with E-state index in [1.54, 1.807) is 6.07 Å². The molecule has 19 heavy (non-hydrogen) atoms. The first kappa shape index (κ1) is 16.4. The van der Waals surface area contributed by atoms with Crippen molar-refractivity contribution in [2.45, 2.75) is 24.7 Å². The Morgan fingerprint density at radius 1 is 1.37 bits per heavy atom. The number of nitrogens with two attached hydrogens (primary N) is 1. The molecule has 1 rings (SSSR count). The Labute approximate surface area is 122 Å². The fraction of sp³-hybridized carbons (Fsp3) is 0.500. The van der Waals surface area contributed by atoms with Crippen molar-refractivity contribution in [1.82, 2.24) is 4.31 Å². The minimum atomic E-state index is -3.59. The summed E-state index contributed by atoms with van der Waals surface area (Å²) in [5.41, 5.74) is 6.14. The molecule has 1 aromatic rings. The first-order chi connectivity index (χ1) is 8.93. The third-order valence-electron chi connectivity index (χ3n) is 2.72. The van der Waals surface area contributed by atoms with E-state index in [4.69, 9.17) is 10.8 Å². The van der Waals surface area contributed by atoms with Gasteiger partial charge in [0.05, 0.1) is 11.5 Å². The molecule has 0 bridgehead atoms. The van der Waals surface area contributed by atoms with Crippen LogP contribution in [0.5, 0.6) is 0 Å². The summed E-state index contributed by atoms with van der Waals surface area (Å²) in [6.07, 6.45) is 1.65. The van der Waals surface area contributed by atoms with Crippen molar-refractivity contribution in [1.29, 1.82) is 0 Å². The van der Waals surface area contributed by atoms with Crippen molar-refractivity contribution >= 4 is 31.6 Å². The van der Waals surface area contributed by atoms with Gasteiger partial charge >= 0.3 is 0 Å². The molecular formula is C12H19BrN2O3S. The molecule has 0 aromatic heterocycles. The highest BCUT2D eigenvalue weighted by atomic mass is 79.9. The Balaban J connectivity index is 3.07. The maximum atomic E-state index is 12.4. The number of anilines is 1. The summed E-state index contributed by atoms with van der Waals surface area (Å²) in [6, 6.07) is 4.51. The van der Waals surface area contributed by atoms with Crippen LogP contribution in [0.3, 0.4) is 0 Å². The van der Waals surface area contributed by atoms with E-state index in [9.17, 15) is 8.42 Å². The quantitative estimate of drug-likeness (QED) is 0.734. The Bertz CT molecular complexity index is 520. The molecule has 0 fully saturated rings. The zero-order valence-electron chi connectivity index (χ0n) is 10.8. The van der Waals surface area contributed by atoms with Gasteiger partial charge in [-0.3, -0.25) is 0 Å². The van der Waals surface area contributed by atoms with Gasteiger partial charge in [-0.1, -0.05) is 13.3 Å². The number of halogens is 1. The molecule has 7 heteroatoms. The summed E-state index contributed by atoms with van der Waals surface area (Å²) < 4.78 is 26.7. The average molecular weight is 351 g/mol. The van der Waals surface area contributed by atoms with E-state index in [2.05, 4.69) is 15.9 Å². The van der Waals surface area contributed by atoms with Crippen LogP contribution in [-0.4, -0.2) is 37.5 Å². The number of unbranched alkanes of at least 4 members (excludes halogenated alkanes) is 1. The molecule has 0 spiro atoms. The molecule has 0 heterocycles. The first-order valence-electron chi connectivity index (χ1n) is 6.09. The summed E-state index contributed by atoms with van der Waals surface area (Å²) in [6.45, 7) is 2.30. The van der Waals surface area contributed by atoms with E-state index in [1.165, 1.54) is 16.4 Å². The van der Waals surface area contributed by atoms with Crippen LogP contribution in [0.1, 0.15) is 19.8 Å². The van der Waals surface area contributed by atoms with Crippen LogP contribution in [0.4, 0.5) is 5.69 Å². The Morgan fingerprint density at radius 3 is 2.58 bits per heavy atom. The zero-order chi connectivity index (χ0) is 14.5. The van der Waals surface area contributed by atoms with Gasteiger partial charge in [-0.25, -0.2) is 8.42 Å². The third-order valence-corrected chi connectivity index (χ3v) is 5.30. The molecule has 0 unspecified atom stereocenters. The third kappa shape index (κ3) is 4.17. The fourth-order valence-electron chi connectivity index (χ4n) is 1.62. The Morgan fingerprint density at radius 2 is 2.05 bits per heavy atom. The van der Waals surface area contributed by atoms with Crippen LogP contribution in [0.25, 0.3) is 0 Å². The Kier molecular flexibility index (Phi) is 6.25. The lowest BCUT2D eigenvalue weighted by molar-refractivity contribution is 0.252. The zero-order valence-corrected chi connectivity index (χ0v) is 13.2. The van der Waals surface area contributed by atoms with Gasteiger partial charge in [0.25, 0.3) is 0 Å². The molecule has 0 saturated carbocycles. The predicted molar refractivity (Wildman–Crippen MR) is 79.3 cm³/mol. The number of hydrogen-bond donors (Lipinski definition) is 2. The van der Waals surface area contributed by atoms with E-state index in [-0.39, 0.29) is 18.0 Å². The molecule has 3 N–H and O–H groups in total. The van der Waals surface area contributed by atoms with Gasteiger partial charge in [-0.2, -0.15) is 4.31 Å².